The largest absolute Gasteiger partial charge is 0.459 e. The van der Waals surface area contributed by atoms with Gasteiger partial charge in [0, 0.05) is 37.4 Å². The van der Waals surface area contributed by atoms with Crippen LogP contribution in [-0.2, 0) is 25.5 Å². The Kier molecular flexibility index (Phi) is 7.11. The summed E-state index contributed by atoms with van der Waals surface area (Å²) in [7, 11) is 0. The molecule has 2 fully saturated rings. The number of nitrogens with zero attached hydrogens (tertiary/aromatic N) is 3. The molecule has 178 valence electrons. The normalized spacial score (nSPS) is 17.5. The number of anilines is 1. The highest BCUT2D eigenvalue weighted by molar-refractivity contribution is 7.13. The third-order valence-corrected chi connectivity index (χ3v) is 6.56. The molecule has 2 saturated heterocycles. The number of hydrogen-bond acceptors (Lipinski definition) is 8. The summed E-state index contributed by atoms with van der Waals surface area (Å²) in [5.41, 5.74) is 0.598. The smallest absolute Gasteiger partial charge is 0.290 e. The van der Waals surface area contributed by atoms with Gasteiger partial charge in [-0.25, -0.2) is 4.98 Å². The van der Waals surface area contributed by atoms with Gasteiger partial charge in [-0.05, 0) is 26.0 Å². The minimum absolute atomic E-state index is 0.0129. The maximum absolute atomic E-state index is 12.7. The van der Waals surface area contributed by atoms with Crippen molar-refractivity contribution in [2.45, 2.75) is 44.9 Å². The summed E-state index contributed by atoms with van der Waals surface area (Å²) in [6.45, 7) is 5.90. The van der Waals surface area contributed by atoms with Crippen LogP contribution in [0, 0.1) is 0 Å². The Morgan fingerprint density at radius 1 is 1.24 bits per heavy atom. The summed E-state index contributed by atoms with van der Waals surface area (Å²) < 4.78 is 16.6. The third kappa shape index (κ3) is 5.60. The lowest BCUT2D eigenvalue weighted by Crippen LogP contribution is -2.47. The average Bonchev–Trinajstić information content (AvgIpc) is 3.55. The zero-order valence-corrected chi connectivity index (χ0v) is 19.6. The Bertz CT molecular complexity index is 973. The molecule has 1 spiro atoms. The summed E-state index contributed by atoms with van der Waals surface area (Å²) in [5.74, 6) is -1.07. The molecular formula is C22H28N4O6S. The Morgan fingerprint density at radius 3 is 2.61 bits per heavy atom. The third-order valence-electron chi connectivity index (χ3n) is 5.75. The van der Waals surface area contributed by atoms with Crippen LogP contribution in [-0.4, -0.2) is 77.2 Å². The van der Waals surface area contributed by atoms with E-state index in [-0.39, 0.29) is 42.5 Å². The highest BCUT2D eigenvalue weighted by atomic mass is 32.1. The molecule has 4 rings (SSSR count). The molecule has 1 N–H and O–H groups in total. The van der Waals surface area contributed by atoms with E-state index in [1.54, 1.807) is 22.4 Å². The summed E-state index contributed by atoms with van der Waals surface area (Å²) in [5, 5.41) is 4.87. The van der Waals surface area contributed by atoms with Crippen molar-refractivity contribution in [3.8, 4) is 0 Å². The quantitative estimate of drug-likeness (QED) is 0.651. The number of furan rings is 1. The van der Waals surface area contributed by atoms with E-state index in [0.717, 1.165) is 0 Å². The molecule has 0 radical (unpaired) electrons. The van der Waals surface area contributed by atoms with E-state index in [9.17, 15) is 14.4 Å². The molecule has 33 heavy (non-hydrogen) atoms. The number of amides is 3. The lowest BCUT2D eigenvalue weighted by Gasteiger charge is -2.37. The van der Waals surface area contributed by atoms with Crippen molar-refractivity contribution in [1.82, 2.24) is 14.8 Å². The van der Waals surface area contributed by atoms with E-state index in [1.165, 1.54) is 22.5 Å². The predicted molar refractivity (Wildman–Crippen MR) is 120 cm³/mol. The molecule has 11 heteroatoms. The van der Waals surface area contributed by atoms with Crippen LogP contribution in [0.3, 0.4) is 0 Å². The molecule has 0 aromatic carbocycles. The van der Waals surface area contributed by atoms with Gasteiger partial charge in [-0.1, -0.05) is 0 Å². The van der Waals surface area contributed by atoms with E-state index >= 15 is 0 Å². The van der Waals surface area contributed by atoms with E-state index in [4.69, 9.17) is 13.9 Å². The molecule has 0 bridgehead atoms. The minimum atomic E-state index is -0.517. The molecule has 4 heterocycles. The first-order valence-electron chi connectivity index (χ1n) is 11.0. The second kappa shape index (κ2) is 10.0. The molecule has 3 amide bonds. The predicted octanol–water partition coefficient (Wildman–Crippen LogP) is 2.13. The second-order valence-electron chi connectivity index (χ2n) is 8.36. The highest BCUT2D eigenvalue weighted by Gasteiger charge is 2.40. The highest BCUT2D eigenvalue weighted by Crippen LogP contribution is 2.31. The van der Waals surface area contributed by atoms with E-state index in [1.807, 2.05) is 13.8 Å². The van der Waals surface area contributed by atoms with Crippen molar-refractivity contribution >= 4 is 34.2 Å². The average molecular weight is 477 g/mol. The number of carbonyl (C=O) groups excluding carboxylic acids is 3. The van der Waals surface area contributed by atoms with Crippen molar-refractivity contribution in [3.05, 3.63) is 35.2 Å². The standard InChI is InChI=1S/C22H28N4O6S/c1-15(2)26(20(29)17-4-3-9-30-17)13-18(27)24-21-23-16(14-33-21)12-19(28)25-7-5-22(6-8-25)31-10-11-32-22/h3-4,9,14-15H,5-8,10-13H2,1-2H3,(H,23,24,27). The number of likely N-dealkylation sites (tertiary alicyclic amines) is 1. The number of thiazole rings is 1. The Morgan fingerprint density at radius 2 is 1.97 bits per heavy atom. The van der Waals surface area contributed by atoms with Crippen LogP contribution >= 0.6 is 11.3 Å². The van der Waals surface area contributed by atoms with Gasteiger partial charge in [0.2, 0.25) is 11.8 Å². The fourth-order valence-corrected chi connectivity index (χ4v) is 4.67. The number of aromatic nitrogens is 1. The van der Waals surface area contributed by atoms with Crippen molar-refractivity contribution in [2.24, 2.45) is 0 Å². The van der Waals surface area contributed by atoms with Crippen LogP contribution in [0.15, 0.2) is 28.2 Å². The Balaban J connectivity index is 1.27. The molecule has 2 aliphatic rings. The van der Waals surface area contributed by atoms with Crippen LogP contribution in [0.25, 0.3) is 0 Å². The Hall–Kier alpha value is -2.76. The monoisotopic (exact) mass is 476 g/mol. The summed E-state index contributed by atoms with van der Waals surface area (Å²) in [6.07, 6.45) is 2.92. The van der Waals surface area contributed by atoms with Crippen LogP contribution in [0.4, 0.5) is 5.13 Å². The SMILES string of the molecule is CC(C)N(CC(=O)Nc1nc(CC(=O)N2CCC3(CC2)OCCO3)cs1)C(=O)c1ccco1. The first-order chi connectivity index (χ1) is 15.8. The lowest BCUT2D eigenvalue weighted by atomic mass is 10.0. The van der Waals surface area contributed by atoms with Crippen molar-refractivity contribution < 1.29 is 28.3 Å². The maximum Gasteiger partial charge on any atom is 0.290 e. The first kappa shape index (κ1) is 23.4. The molecule has 10 nitrogen and oxygen atoms in total. The van der Waals surface area contributed by atoms with E-state index in [0.29, 0.717) is 50.0 Å². The second-order valence-corrected chi connectivity index (χ2v) is 9.22. The molecular weight excluding hydrogens is 448 g/mol. The van der Waals surface area contributed by atoms with Gasteiger partial charge >= 0.3 is 0 Å². The van der Waals surface area contributed by atoms with Crippen molar-refractivity contribution in [1.29, 1.82) is 0 Å². The molecule has 2 aliphatic heterocycles. The molecule has 0 unspecified atom stereocenters. The van der Waals surface area contributed by atoms with Gasteiger partial charge in [0.15, 0.2) is 16.7 Å². The first-order valence-corrected chi connectivity index (χ1v) is 11.9. The number of piperidine rings is 1. The summed E-state index contributed by atoms with van der Waals surface area (Å²) in [6, 6.07) is 3.00. The van der Waals surface area contributed by atoms with Gasteiger partial charge in [0.05, 0.1) is 31.6 Å². The van der Waals surface area contributed by atoms with Gasteiger partial charge in [-0.2, -0.15) is 0 Å². The molecule has 0 aliphatic carbocycles. The van der Waals surface area contributed by atoms with Crippen molar-refractivity contribution in [2.75, 3.05) is 38.2 Å². The fraction of sp³-hybridized carbons (Fsp3) is 0.545. The molecule has 2 aromatic heterocycles. The number of carbonyl (C=O) groups is 3. The van der Waals surface area contributed by atoms with Crippen LogP contribution in [0.2, 0.25) is 0 Å². The summed E-state index contributed by atoms with van der Waals surface area (Å²) >= 11 is 1.25. The molecule has 0 saturated carbocycles. The van der Waals surface area contributed by atoms with Gasteiger partial charge in [-0.15, -0.1) is 11.3 Å². The topological polar surface area (TPSA) is 114 Å². The summed E-state index contributed by atoms with van der Waals surface area (Å²) in [4.78, 5) is 45.4. The number of hydrogen-bond donors (Lipinski definition) is 1. The zero-order valence-electron chi connectivity index (χ0n) is 18.7. The molecule has 2 aromatic rings. The fourth-order valence-electron chi connectivity index (χ4n) is 3.94. The van der Waals surface area contributed by atoms with E-state index in [2.05, 4.69) is 10.3 Å². The van der Waals surface area contributed by atoms with E-state index < -0.39 is 5.79 Å². The van der Waals surface area contributed by atoms with Crippen molar-refractivity contribution in [3.63, 3.8) is 0 Å². The van der Waals surface area contributed by atoms with Gasteiger partial charge < -0.3 is 29.0 Å². The van der Waals surface area contributed by atoms with Crippen LogP contribution in [0.1, 0.15) is 42.9 Å². The van der Waals surface area contributed by atoms with Gasteiger partial charge in [0.1, 0.15) is 6.54 Å². The van der Waals surface area contributed by atoms with Gasteiger partial charge in [0.25, 0.3) is 5.91 Å². The van der Waals surface area contributed by atoms with Gasteiger partial charge in [-0.3, -0.25) is 14.4 Å². The number of rotatable bonds is 7. The number of ether oxygens (including phenoxy) is 2. The lowest BCUT2D eigenvalue weighted by molar-refractivity contribution is -0.187. The molecule has 0 atom stereocenters. The number of nitrogens with one attached hydrogen (secondary N) is 1. The van der Waals surface area contributed by atoms with Crippen LogP contribution < -0.4 is 5.32 Å². The zero-order chi connectivity index (χ0) is 23.4. The Labute approximate surface area is 195 Å². The maximum atomic E-state index is 12.7. The van der Waals surface area contributed by atoms with Crippen LogP contribution in [0.5, 0.6) is 0 Å². The minimum Gasteiger partial charge on any atom is -0.459 e.